The van der Waals surface area contributed by atoms with Crippen molar-refractivity contribution in [3.05, 3.63) is 102 Å². The molecule has 0 unspecified atom stereocenters. The minimum atomic E-state index is -1.16. The molecular weight excluding hydrogens is 578 g/mol. The molecule has 1 aromatic heterocycles. The monoisotopic (exact) mass is 593 g/mol. The normalized spacial score (nSPS) is 20.6. The highest BCUT2D eigenvalue weighted by Gasteiger charge is 2.51. The molecule has 0 bridgehead atoms. The second-order valence-corrected chi connectivity index (χ2v) is 9.88. The fourth-order valence-corrected chi connectivity index (χ4v) is 5.82. The van der Waals surface area contributed by atoms with Gasteiger partial charge in [-0.1, -0.05) is 35.9 Å². The van der Waals surface area contributed by atoms with E-state index in [0.717, 1.165) is 5.56 Å². The first kappa shape index (κ1) is 23.7. The summed E-state index contributed by atoms with van der Waals surface area (Å²) in [7, 11) is 0. The molecule has 0 spiro atoms. The average molecular weight is 596 g/mol. The molecule has 10 heteroatoms. The molecule has 1 aliphatic rings. The maximum Gasteiger partial charge on any atom is 0.244 e. The number of phenols is 1. The SMILES string of the molecule is O=C1C[C@@H](c2ccccc2Cl)[C@H]([N+](=O)[O-])[C@@H](c2cc(Br)c(O)c(Br)c2)N1Cc1cccnc1. The number of piperidine rings is 1. The predicted octanol–water partition coefficient (Wildman–Crippen LogP) is 5.87. The topological polar surface area (TPSA) is 96.6 Å². The number of amides is 1. The number of likely N-dealkylation sites (tertiary alicyclic amines) is 1. The first-order chi connectivity index (χ1) is 15.8. The van der Waals surface area contributed by atoms with Gasteiger partial charge in [-0.05, 0) is 72.8 Å². The number of pyridine rings is 1. The van der Waals surface area contributed by atoms with E-state index in [4.69, 9.17) is 11.6 Å². The second kappa shape index (κ2) is 9.79. The van der Waals surface area contributed by atoms with Crippen LogP contribution in [0, 0.1) is 10.1 Å². The van der Waals surface area contributed by atoms with Crippen LogP contribution in [0.3, 0.4) is 0 Å². The van der Waals surface area contributed by atoms with Crippen LogP contribution in [-0.2, 0) is 11.3 Å². The highest BCUT2D eigenvalue weighted by molar-refractivity contribution is 9.11. The zero-order chi connectivity index (χ0) is 23.7. The summed E-state index contributed by atoms with van der Waals surface area (Å²) in [6, 6.07) is 11.6. The fraction of sp³-hybridized carbons (Fsp3) is 0.217. The van der Waals surface area contributed by atoms with Gasteiger partial charge in [0.25, 0.3) is 0 Å². The summed E-state index contributed by atoms with van der Waals surface area (Å²) in [5, 5.41) is 23.1. The van der Waals surface area contributed by atoms with E-state index in [1.165, 1.54) is 4.90 Å². The molecular formula is C23H18Br2ClN3O4. The van der Waals surface area contributed by atoms with Gasteiger partial charge in [0.2, 0.25) is 11.9 Å². The molecule has 0 saturated carbocycles. The third kappa shape index (κ3) is 4.76. The lowest BCUT2D eigenvalue weighted by Gasteiger charge is -2.41. The summed E-state index contributed by atoms with van der Waals surface area (Å²) in [4.78, 5) is 31.2. The Kier molecular flexibility index (Phi) is 7.02. The van der Waals surface area contributed by atoms with Crippen molar-refractivity contribution in [2.24, 2.45) is 0 Å². The number of hydrogen-bond acceptors (Lipinski definition) is 5. The van der Waals surface area contributed by atoms with E-state index in [2.05, 4.69) is 36.8 Å². The molecule has 1 N–H and O–H groups in total. The molecule has 1 saturated heterocycles. The minimum Gasteiger partial charge on any atom is -0.506 e. The van der Waals surface area contributed by atoms with Crippen molar-refractivity contribution < 1.29 is 14.8 Å². The number of hydrogen-bond donors (Lipinski definition) is 1. The number of phenolic OH excluding ortho intramolecular Hbond substituents is 1. The van der Waals surface area contributed by atoms with E-state index in [0.29, 0.717) is 25.1 Å². The lowest BCUT2D eigenvalue weighted by molar-refractivity contribution is -0.537. The number of aromatic nitrogens is 1. The van der Waals surface area contributed by atoms with Gasteiger partial charge in [-0.2, -0.15) is 0 Å². The van der Waals surface area contributed by atoms with E-state index in [9.17, 15) is 20.0 Å². The maximum atomic E-state index is 13.4. The maximum absolute atomic E-state index is 13.4. The largest absolute Gasteiger partial charge is 0.506 e. The van der Waals surface area contributed by atoms with E-state index in [1.54, 1.807) is 54.9 Å². The Morgan fingerprint density at radius 1 is 1.18 bits per heavy atom. The van der Waals surface area contributed by atoms with Crippen molar-refractivity contribution in [3.8, 4) is 5.75 Å². The smallest absolute Gasteiger partial charge is 0.244 e. The third-order valence-electron chi connectivity index (χ3n) is 5.79. The Hall–Kier alpha value is -2.49. The van der Waals surface area contributed by atoms with Crippen molar-refractivity contribution in [1.82, 2.24) is 9.88 Å². The van der Waals surface area contributed by atoms with Crippen LogP contribution in [0.4, 0.5) is 0 Å². The van der Waals surface area contributed by atoms with E-state index in [-0.39, 0.29) is 29.5 Å². The molecule has 4 rings (SSSR count). The zero-order valence-electron chi connectivity index (χ0n) is 17.1. The molecule has 0 aliphatic carbocycles. The van der Waals surface area contributed by atoms with Crippen LogP contribution in [-0.4, -0.2) is 31.9 Å². The van der Waals surface area contributed by atoms with Crippen LogP contribution in [0.2, 0.25) is 5.02 Å². The van der Waals surface area contributed by atoms with Crippen molar-refractivity contribution in [2.75, 3.05) is 0 Å². The Labute approximate surface area is 211 Å². The number of carbonyl (C=O) groups excluding carboxylic acids is 1. The van der Waals surface area contributed by atoms with Gasteiger partial charge in [0, 0.05) is 35.3 Å². The molecule has 1 fully saturated rings. The van der Waals surface area contributed by atoms with Crippen LogP contribution in [0.15, 0.2) is 69.9 Å². The highest BCUT2D eigenvalue weighted by Crippen LogP contribution is 2.46. The first-order valence-electron chi connectivity index (χ1n) is 10.0. The number of nitro groups is 1. The average Bonchev–Trinajstić information content (AvgIpc) is 2.79. The summed E-state index contributed by atoms with van der Waals surface area (Å²) in [5.41, 5.74) is 1.84. The molecule has 3 aromatic rings. The summed E-state index contributed by atoms with van der Waals surface area (Å²) in [6.45, 7) is 0.160. The summed E-state index contributed by atoms with van der Waals surface area (Å²) >= 11 is 13.0. The number of carbonyl (C=O) groups is 1. The lowest BCUT2D eigenvalue weighted by atomic mass is 9.78. The van der Waals surface area contributed by atoms with Gasteiger partial charge in [0.05, 0.1) is 14.9 Å². The Bertz CT molecular complexity index is 1190. The van der Waals surface area contributed by atoms with Gasteiger partial charge >= 0.3 is 0 Å². The van der Waals surface area contributed by atoms with Gasteiger partial charge in [0.15, 0.2) is 0 Å². The molecule has 7 nitrogen and oxygen atoms in total. The number of rotatable bonds is 5. The summed E-state index contributed by atoms with van der Waals surface area (Å²) in [6.07, 6.45) is 3.21. The second-order valence-electron chi connectivity index (χ2n) is 7.77. The molecule has 170 valence electrons. The Balaban J connectivity index is 1.88. The van der Waals surface area contributed by atoms with Gasteiger partial charge in [-0.3, -0.25) is 19.9 Å². The van der Waals surface area contributed by atoms with E-state index in [1.807, 2.05) is 6.07 Å². The Morgan fingerprint density at radius 2 is 1.88 bits per heavy atom. The quantitative estimate of drug-likeness (QED) is 0.294. The van der Waals surface area contributed by atoms with Gasteiger partial charge in [0.1, 0.15) is 11.8 Å². The van der Waals surface area contributed by atoms with Crippen molar-refractivity contribution in [3.63, 3.8) is 0 Å². The van der Waals surface area contributed by atoms with Gasteiger partial charge < -0.3 is 10.0 Å². The molecule has 1 aliphatic heterocycles. The molecule has 2 heterocycles. The predicted molar refractivity (Wildman–Crippen MR) is 131 cm³/mol. The van der Waals surface area contributed by atoms with Crippen LogP contribution >= 0.6 is 43.5 Å². The zero-order valence-corrected chi connectivity index (χ0v) is 21.0. The number of aromatic hydroxyl groups is 1. The Morgan fingerprint density at radius 3 is 2.48 bits per heavy atom. The van der Waals surface area contributed by atoms with E-state index < -0.39 is 18.0 Å². The lowest BCUT2D eigenvalue weighted by Crippen LogP contribution is -2.51. The van der Waals surface area contributed by atoms with Crippen LogP contribution in [0.1, 0.15) is 35.1 Å². The van der Waals surface area contributed by atoms with Crippen molar-refractivity contribution >= 4 is 49.4 Å². The summed E-state index contributed by atoms with van der Waals surface area (Å²) < 4.78 is 0.727. The standard InChI is InChI=1S/C23H18Br2ClN3O4/c24-17-8-14(9-18(25)23(17)31)21-22(29(32)33)16(15-5-1-2-6-19(15)26)10-20(30)28(21)12-13-4-3-7-27-11-13/h1-9,11,16,21-22,31H,10,12H2/t16-,21+,22-/m0/s1. The number of benzene rings is 2. The van der Waals surface area contributed by atoms with Crippen molar-refractivity contribution in [2.45, 2.75) is 31.0 Å². The van der Waals surface area contributed by atoms with Crippen LogP contribution in [0.25, 0.3) is 0 Å². The van der Waals surface area contributed by atoms with Crippen molar-refractivity contribution in [1.29, 1.82) is 0 Å². The third-order valence-corrected chi connectivity index (χ3v) is 7.34. The van der Waals surface area contributed by atoms with Crippen LogP contribution < -0.4 is 0 Å². The van der Waals surface area contributed by atoms with E-state index >= 15 is 0 Å². The first-order valence-corrected chi connectivity index (χ1v) is 12.0. The molecule has 1 amide bonds. The molecule has 2 aromatic carbocycles. The molecule has 0 radical (unpaired) electrons. The molecule has 3 atom stereocenters. The highest BCUT2D eigenvalue weighted by atomic mass is 79.9. The molecule has 33 heavy (non-hydrogen) atoms. The van der Waals surface area contributed by atoms with Gasteiger partial charge in [-0.25, -0.2) is 0 Å². The number of halogens is 3. The van der Waals surface area contributed by atoms with Gasteiger partial charge in [-0.15, -0.1) is 0 Å². The van der Waals surface area contributed by atoms with Crippen LogP contribution in [0.5, 0.6) is 5.75 Å². The summed E-state index contributed by atoms with van der Waals surface area (Å²) in [5.74, 6) is -0.977. The number of nitrogens with zero attached hydrogens (tertiary/aromatic N) is 3. The minimum absolute atomic E-state index is 0.0278. The fourth-order valence-electron chi connectivity index (χ4n) is 4.33.